The van der Waals surface area contributed by atoms with Gasteiger partial charge in [0.05, 0.1) is 21.2 Å². The maximum atomic E-state index is 13.2. The Kier molecular flexibility index (Phi) is 6.62. The fourth-order valence-electron chi connectivity index (χ4n) is 3.58. The topological polar surface area (TPSA) is 79.4 Å². The Labute approximate surface area is 195 Å². The minimum atomic E-state index is -3.70. The molecule has 1 saturated heterocycles. The second kappa shape index (κ2) is 9.27. The summed E-state index contributed by atoms with van der Waals surface area (Å²) < 4.78 is 40.6. The van der Waals surface area contributed by atoms with E-state index < -0.39 is 15.9 Å². The number of hydrogen-bond acceptors (Lipinski definition) is 5. The van der Waals surface area contributed by atoms with Crippen LogP contribution in [0.2, 0.25) is 5.02 Å². The lowest BCUT2D eigenvalue weighted by atomic mass is 10.1. The number of thiazole rings is 1. The molecule has 1 aliphatic heterocycles. The van der Waals surface area contributed by atoms with E-state index in [0.717, 1.165) is 29.7 Å². The van der Waals surface area contributed by atoms with Crippen molar-refractivity contribution in [1.82, 2.24) is 9.29 Å². The van der Waals surface area contributed by atoms with Crippen LogP contribution in [0.5, 0.6) is 0 Å². The fraction of sp³-hybridized carbons (Fsp3) is 0.273. The minimum absolute atomic E-state index is 0.0382. The molecular formula is C22H21ClFN3O3S2. The van der Waals surface area contributed by atoms with Gasteiger partial charge in [0.25, 0.3) is 5.91 Å². The van der Waals surface area contributed by atoms with Gasteiger partial charge in [0.1, 0.15) is 5.82 Å². The van der Waals surface area contributed by atoms with Gasteiger partial charge >= 0.3 is 0 Å². The minimum Gasteiger partial charge on any atom is -0.298 e. The van der Waals surface area contributed by atoms with Gasteiger partial charge in [0.15, 0.2) is 5.13 Å². The van der Waals surface area contributed by atoms with Crippen LogP contribution in [0.4, 0.5) is 9.52 Å². The third kappa shape index (κ3) is 4.71. The van der Waals surface area contributed by atoms with Gasteiger partial charge < -0.3 is 0 Å². The average molecular weight is 494 g/mol. The summed E-state index contributed by atoms with van der Waals surface area (Å²) in [5.74, 6) is -0.894. The Morgan fingerprint density at radius 2 is 1.81 bits per heavy atom. The molecule has 1 N–H and O–H groups in total. The maximum absolute atomic E-state index is 13.2. The van der Waals surface area contributed by atoms with E-state index in [2.05, 4.69) is 10.3 Å². The van der Waals surface area contributed by atoms with Gasteiger partial charge in [0.2, 0.25) is 10.0 Å². The fourth-order valence-corrected chi connectivity index (χ4v) is 6.16. The van der Waals surface area contributed by atoms with E-state index in [1.54, 1.807) is 12.1 Å². The molecule has 0 saturated carbocycles. The van der Waals surface area contributed by atoms with Crippen LogP contribution >= 0.6 is 22.9 Å². The molecule has 1 fully saturated rings. The molecule has 168 valence electrons. The smallest absolute Gasteiger partial charge is 0.259 e. The summed E-state index contributed by atoms with van der Waals surface area (Å²) >= 11 is 7.49. The molecule has 2 heterocycles. The lowest BCUT2D eigenvalue weighted by Crippen LogP contribution is -2.35. The molecule has 3 aromatic rings. The summed E-state index contributed by atoms with van der Waals surface area (Å²) in [6.07, 6.45) is 2.65. The van der Waals surface area contributed by atoms with E-state index in [1.165, 1.54) is 46.0 Å². The SMILES string of the molecule is Cc1sc(NC(=O)c2cc(S(=O)(=O)N3CCCCC3)ccc2Cl)nc1-c1ccc(F)cc1. The van der Waals surface area contributed by atoms with Gasteiger partial charge in [-0.15, -0.1) is 11.3 Å². The van der Waals surface area contributed by atoms with E-state index in [-0.39, 0.29) is 21.3 Å². The molecule has 2 aromatic carbocycles. The molecule has 10 heteroatoms. The zero-order valence-corrected chi connectivity index (χ0v) is 19.7. The molecule has 1 amide bonds. The average Bonchev–Trinajstić information content (AvgIpc) is 3.14. The van der Waals surface area contributed by atoms with E-state index in [0.29, 0.717) is 23.9 Å². The number of nitrogens with one attached hydrogen (secondary N) is 1. The maximum Gasteiger partial charge on any atom is 0.259 e. The van der Waals surface area contributed by atoms with Gasteiger partial charge in [-0.05, 0) is 62.2 Å². The lowest BCUT2D eigenvalue weighted by molar-refractivity contribution is 0.102. The van der Waals surface area contributed by atoms with E-state index in [4.69, 9.17) is 11.6 Å². The van der Waals surface area contributed by atoms with Crippen molar-refractivity contribution >= 4 is 44.0 Å². The van der Waals surface area contributed by atoms with Gasteiger partial charge in [-0.3, -0.25) is 10.1 Å². The summed E-state index contributed by atoms with van der Waals surface area (Å²) in [6, 6.07) is 10.1. The Bertz CT molecular complexity index is 1250. The van der Waals surface area contributed by atoms with Gasteiger partial charge in [-0.25, -0.2) is 17.8 Å². The van der Waals surface area contributed by atoms with Crippen LogP contribution in [-0.2, 0) is 10.0 Å². The van der Waals surface area contributed by atoms with Crippen molar-refractivity contribution in [3.63, 3.8) is 0 Å². The molecule has 0 unspecified atom stereocenters. The first-order valence-electron chi connectivity index (χ1n) is 10.1. The van der Waals surface area contributed by atoms with Gasteiger partial charge in [-0.2, -0.15) is 4.31 Å². The highest BCUT2D eigenvalue weighted by Gasteiger charge is 2.27. The largest absolute Gasteiger partial charge is 0.298 e. The lowest BCUT2D eigenvalue weighted by Gasteiger charge is -2.26. The van der Waals surface area contributed by atoms with Gasteiger partial charge in [0, 0.05) is 23.5 Å². The first-order valence-corrected chi connectivity index (χ1v) is 12.7. The molecule has 1 aromatic heterocycles. The van der Waals surface area contributed by atoms with Crippen molar-refractivity contribution in [2.75, 3.05) is 18.4 Å². The quantitative estimate of drug-likeness (QED) is 0.520. The summed E-state index contributed by atoms with van der Waals surface area (Å²) in [6.45, 7) is 2.79. The van der Waals surface area contributed by atoms with Crippen LogP contribution in [0.3, 0.4) is 0 Å². The molecular weight excluding hydrogens is 473 g/mol. The molecule has 6 nitrogen and oxygen atoms in total. The molecule has 1 aliphatic rings. The standard InChI is InChI=1S/C22H21ClFN3O3S2/c1-14-20(15-5-7-16(24)8-6-15)25-22(31-14)26-21(28)18-13-17(9-10-19(18)23)32(29,30)27-11-3-2-4-12-27/h5-10,13H,2-4,11-12H2,1H3,(H,25,26,28). The van der Waals surface area contributed by atoms with Crippen molar-refractivity contribution < 1.29 is 17.6 Å². The predicted molar refractivity (Wildman–Crippen MR) is 124 cm³/mol. The van der Waals surface area contributed by atoms with Gasteiger partial charge in [-0.1, -0.05) is 18.0 Å². The van der Waals surface area contributed by atoms with Crippen LogP contribution in [0.15, 0.2) is 47.4 Å². The number of piperidine rings is 1. The monoisotopic (exact) mass is 493 g/mol. The zero-order valence-electron chi connectivity index (χ0n) is 17.3. The molecule has 0 atom stereocenters. The third-order valence-electron chi connectivity index (χ3n) is 5.27. The number of benzene rings is 2. The van der Waals surface area contributed by atoms with Crippen LogP contribution < -0.4 is 5.32 Å². The zero-order chi connectivity index (χ0) is 22.9. The normalized spacial score (nSPS) is 15.0. The highest BCUT2D eigenvalue weighted by Crippen LogP contribution is 2.31. The number of carbonyl (C=O) groups excluding carboxylic acids is 1. The molecule has 4 rings (SSSR count). The first-order chi connectivity index (χ1) is 15.3. The number of amides is 1. The number of anilines is 1. The third-order valence-corrected chi connectivity index (χ3v) is 8.38. The van der Waals surface area contributed by atoms with Crippen molar-refractivity contribution in [1.29, 1.82) is 0 Å². The first kappa shape index (κ1) is 22.8. The van der Waals surface area contributed by atoms with Crippen LogP contribution in [0.25, 0.3) is 11.3 Å². The summed E-state index contributed by atoms with van der Waals surface area (Å²) in [4.78, 5) is 18.2. The Morgan fingerprint density at radius 1 is 1.12 bits per heavy atom. The molecule has 0 spiro atoms. The molecule has 0 aliphatic carbocycles. The Balaban J connectivity index is 1.58. The summed E-state index contributed by atoms with van der Waals surface area (Å²) in [5, 5.41) is 3.19. The van der Waals surface area contributed by atoms with Crippen molar-refractivity contribution in [3.8, 4) is 11.3 Å². The van der Waals surface area contributed by atoms with Crippen molar-refractivity contribution in [2.45, 2.75) is 31.1 Å². The number of sulfonamides is 1. The highest BCUT2D eigenvalue weighted by atomic mass is 35.5. The summed E-state index contributed by atoms with van der Waals surface area (Å²) in [7, 11) is -3.70. The van der Waals surface area contributed by atoms with Crippen LogP contribution in [0.1, 0.15) is 34.5 Å². The summed E-state index contributed by atoms with van der Waals surface area (Å²) in [5.41, 5.74) is 1.42. The van der Waals surface area contributed by atoms with E-state index in [1.807, 2.05) is 6.92 Å². The van der Waals surface area contributed by atoms with E-state index >= 15 is 0 Å². The number of carbonyl (C=O) groups is 1. The molecule has 32 heavy (non-hydrogen) atoms. The number of aryl methyl sites for hydroxylation is 1. The number of rotatable bonds is 5. The number of halogens is 2. The number of nitrogens with zero attached hydrogens (tertiary/aromatic N) is 2. The highest BCUT2D eigenvalue weighted by molar-refractivity contribution is 7.89. The second-order valence-corrected chi connectivity index (χ2v) is 11.0. The second-order valence-electron chi connectivity index (χ2n) is 7.49. The predicted octanol–water partition coefficient (Wildman–Crippen LogP) is 5.34. The van der Waals surface area contributed by atoms with Crippen LogP contribution in [-0.4, -0.2) is 36.7 Å². The van der Waals surface area contributed by atoms with Crippen molar-refractivity contribution in [2.24, 2.45) is 0 Å². The van der Waals surface area contributed by atoms with E-state index in [9.17, 15) is 17.6 Å². The number of aromatic nitrogens is 1. The Hall–Kier alpha value is -2.33. The van der Waals surface area contributed by atoms with Crippen LogP contribution in [0, 0.1) is 12.7 Å². The number of hydrogen-bond donors (Lipinski definition) is 1. The van der Waals surface area contributed by atoms with Crippen molar-refractivity contribution in [3.05, 3.63) is 63.7 Å². The Morgan fingerprint density at radius 3 is 2.50 bits per heavy atom. The molecule has 0 bridgehead atoms. The molecule has 0 radical (unpaired) electrons.